The van der Waals surface area contributed by atoms with Crippen molar-refractivity contribution in [2.24, 2.45) is 4.99 Å². The molecule has 42 heavy (non-hydrogen) atoms. The maximum Gasteiger partial charge on any atom is 0.338 e. The predicted molar refractivity (Wildman–Crippen MR) is 169 cm³/mol. The molecule has 0 saturated carbocycles. The van der Waals surface area contributed by atoms with Crippen molar-refractivity contribution < 1.29 is 19.0 Å². The standard InChI is InChI=1S/C33H31BrN2O5S/c1-6-41-32(38)27-28(22-10-8-7-9-11-22)35-33-36(29(27)23-14-12-21(13-15-23)19(2)3)31(37)26(42-33)18-20-16-24(34)30(40-5)25(17-20)39-4/h7-19,29H,6H2,1-5H3/b26-18-/t29-/m1/s1. The molecule has 1 aliphatic rings. The number of hydrogen-bond acceptors (Lipinski definition) is 7. The molecule has 0 spiro atoms. The van der Waals surface area contributed by atoms with Crippen LogP contribution in [0.4, 0.5) is 0 Å². The Morgan fingerprint density at radius 2 is 1.79 bits per heavy atom. The van der Waals surface area contributed by atoms with Crippen LogP contribution < -0.4 is 24.4 Å². The van der Waals surface area contributed by atoms with E-state index in [0.717, 1.165) is 22.3 Å². The Bertz CT molecular complexity index is 1840. The molecule has 1 aromatic heterocycles. The van der Waals surface area contributed by atoms with Crippen molar-refractivity contribution in [3.63, 3.8) is 0 Å². The van der Waals surface area contributed by atoms with Crippen molar-refractivity contribution in [3.8, 4) is 11.5 Å². The molecule has 0 bridgehead atoms. The molecule has 3 aromatic carbocycles. The number of hydrogen-bond donors (Lipinski definition) is 0. The van der Waals surface area contributed by atoms with E-state index in [-0.39, 0.29) is 12.2 Å². The summed E-state index contributed by atoms with van der Waals surface area (Å²) < 4.78 is 19.3. The summed E-state index contributed by atoms with van der Waals surface area (Å²) in [6, 6.07) is 20.5. The van der Waals surface area contributed by atoms with Gasteiger partial charge in [-0.15, -0.1) is 0 Å². The van der Waals surface area contributed by atoms with Gasteiger partial charge in [0.1, 0.15) is 0 Å². The van der Waals surface area contributed by atoms with Crippen LogP contribution in [0.3, 0.4) is 0 Å². The lowest BCUT2D eigenvalue weighted by molar-refractivity contribution is -0.138. The average molecular weight is 648 g/mol. The highest BCUT2D eigenvalue weighted by molar-refractivity contribution is 9.10. The topological polar surface area (TPSA) is 79.1 Å². The number of aromatic nitrogens is 1. The lowest BCUT2D eigenvalue weighted by atomic mass is 9.91. The maximum absolute atomic E-state index is 14.1. The largest absolute Gasteiger partial charge is 0.493 e. The smallest absolute Gasteiger partial charge is 0.338 e. The van der Waals surface area contributed by atoms with Crippen LogP contribution in [0.5, 0.6) is 11.5 Å². The predicted octanol–water partition coefficient (Wildman–Crippen LogP) is 5.84. The summed E-state index contributed by atoms with van der Waals surface area (Å²) in [4.78, 5) is 33.2. The highest BCUT2D eigenvalue weighted by Crippen LogP contribution is 2.37. The minimum absolute atomic E-state index is 0.196. The van der Waals surface area contributed by atoms with Crippen LogP contribution in [-0.4, -0.2) is 31.4 Å². The second-order valence-electron chi connectivity index (χ2n) is 9.99. The Balaban J connectivity index is 1.80. The first-order valence-corrected chi connectivity index (χ1v) is 15.2. The number of carbonyl (C=O) groups excluding carboxylic acids is 1. The van der Waals surface area contributed by atoms with Gasteiger partial charge in [-0.25, -0.2) is 9.79 Å². The van der Waals surface area contributed by atoms with E-state index >= 15 is 0 Å². The quantitative estimate of drug-likeness (QED) is 0.225. The Morgan fingerprint density at radius 1 is 1.07 bits per heavy atom. The van der Waals surface area contributed by atoms with Gasteiger partial charge in [-0.3, -0.25) is 9.36 Å². The molecule has 0 saturated heterocycles. The molecule has 0 fully saturated rings. The third kappa shape index (κ3) is 5.58. The first-order valence-electron chi connectivity index (χ1n) is 13.6. The number of rotatable bonds is 8. The zero-order chi connectivity index (χ0) is 30.0. The summed E-state index contributed by atoms with van der Waals surface area (Å²) in [5, 5.41) is 0. The van der Waals surface area contributed by atoms with Gasteiger partial charge in [-0.1, -0.05) is 79.8 Å². The van der Waals surface area contributed by atoms with E-state index < -0.39 is 12.0 Å². The monoisotopic (exact) mass is 646 g/mol. The molecule has 4 aromatic rings. The van der Waals surface area contributed by atoms with Crippen LogP contribution in [0.2, 0.25) is 0 Å². The van der Waals surface area contributed by atoms with Gasteiger partial charge in [0.05, 0.1) is 47.1 Å². The van der Waals surface area contributed by atoms with Gasteiger partial charge < -0.3 is 14.2 Å². The van der Waals surface area contributed by atoms with Crippen molar-refractivity contribution in [2.45, 2.75) is 32.7 Å². The van der Waals surface area contributed by atoms with Gasteiger partial charge in [0, 0.05) is 5.56 Å². The van der Waals surface area contributed by atoms with Crippen LogP contribution in [-0.2, 0) is 9.53 Å². The summed E-state index contributed by atoms with van der Waals surface area (Å²) in [5.41, 5.74) is 4.04. The first kappa shape index (κ1) is 29.5. The van der Waals surface area contributed by atoms with Gasteiger partial charge in [-0.2, -0.15) is 0 Å². The maximum atomic E-state index is 14.1. The summed E-state index contributed by atoms with van der Waals surface area (Å²) in [5.74, 6) is 0.926. The number of fused-ring (bicyclic) bond motifs is 1. The van der Waals surface area contributed by atoms with Gasteiger partial charge in [0.25, 0.3) is 5.56 Å². The molecular weight excluding hydrogens is 616 g/mol. The third-order valence-corrected chi connectivity index (χ3v) is 8.62. The van der Waals surface area contributed by atoms with Crippen molar-refractivity contribution in [2.75, 3.05) is 20.8 Å². The summed E-state index contributed by atoms with van der Waals surface area (Å²) in [6.07, 6.45) is 1.80. The zero-order valence-electron chi connectivity index (χ0n) is 24.0. The number of esters is 1. The van der Waals surface area contributed by atoms with Crippen LogP contribution in [0.1, 0.15) is 55.0 Å². The van der Waals surface area contributed by atoms with E-state index in [9.17, 15) is 9.59 Å². The first-order chi connectivity index (χ1) is 20.3. The number of halogens is 1. The van der Waals surface area contributed by atoms with Crippen molar-refractivity contribution in [3.05, 3.63) is 119 Å². The highest BCUT2D eigenvalue weighted by atomic mass is 79.9. The fraction of sp³-hybridized carbons (Fsp3) is 0.242. The van der Waals surface area contributed by atoms with Crippen LogP contribution >= 0.6 is 27.3 Å². The minimum atomic E-state index is -0.726. The van der Waals surface area contributed by atoms with Gasteiger partial charge >= 0.3 is 5.97 Å². The van der Waals surface area contributed by atoms with Crippen molar-refractivity contribution >= 4 is 45.0 Å². The number of carbonyl (C=O) groups is 1. The van der Waals surface area contributed by atoms with E-state index in [2.05, 4.69) is 29.8 Å². The molecule has 0 amide bonds. The molecular formula is C33H31BrN2O5S. The van der Waals surface area contributed by atoms with Gasteiger partial charge in [-0.05, 0) is 63.7 Å². The van der Waals surface area contributed by atoms with Crippen LogP contribution in [0.25, 0.3) is 11.8 Å². The Morgan fingerprint density at radius 3 is 2.40 bits per heavy atom. The summed E-state index contributed by atoms with van der Waals surface area (Å²) in [7, 11) is 3.13. The van der Waals surface area contributed by atoms with Crippen molar-refractivity contribution in [1.29, 1.82) is 0 Å². The second-order valence-corrected chi connectivity index (χ2v) is 11.9. The van der Waals surface area contributed by atoms with E-state index in [0.29, 0.717) is 42.5 Å². The zero-order valence-corrected chi connectivity index (χ0v) is 26.4. The molecule has 1 atom stereocenters. The van der Waals surface area contributed by atoms with Crippen molar-refractivity contribution in [1.82, 2.24) is 4.57 Å². The fourth-order valence-electron chi connectivity index (χ4n) is 4.99. The third-order valence-electron chi connectivity index (χ3n) is 7.05. The second kappa shape index (κ2) is 12.5. The lowest BCUT2D eigenvalue weighted by Gasteiger charge is -2.26. The minimum Gasteiger partial charge on any atom is -0.493 e. The van der Waals surface area contributed by atoms with Crippen LogP contribution in [0.15, 0.2) is 86.6 Å². The summed E-state index contributed by atoms with van der Waals surface area (Å²) >= 11 is 4.81. The molecule has 9 heteroatoms. The molecule has 216 valence electrons. The van der Waals surface area contributed by atoms with E-state index in [4.69, 9.17) is 19.2 Å². The molecule has 5 rings (SSSR count). The SMILES string of the molecule is CCOC(=O)C1=C(c2ccccc2)N=c2s/c(=C\c3cc(Br)c(OC)c(OC)c3)c(=O)n2[C@@H]1c1ccc(C(C)C)cc1. The number of methoxy groups -OCH3 is 2. The number of thiazole rings is 1. The summed E-state index contributed by atoms with van der Waals surface area (Å²) in [6.45, 7) is 6.22. The molecule has 1 aliphatic heterocycles. The Labute approximate surface area is 256 Å². The Hall–Kier alpha value is -3.95. The van der Waals surface area contributed by atoms with Gasteiger partial charge in [0.15, 0.2) is 16.3 Å². The van der Waals surface area contributed by atoms with E-state index in [1.807, 2.05) is 66.7 Å². The average Bonchev–Trinajstić information content (AvgIpc) is 3.30. The molecule has 2 heterocycles. The van der Waals surface area contributed by atoms with Gasteiger partial charge in [0.2, 0.25) is 0 Å². The highest BCUT2D eigenvalue weighted by Gasteiger charge is 2.35. The van der Waals surface area contributed by atoms with Crippen LogP contribution in [0, 0.1) is 0 Å². The number of nitrogens with zero attached hydrogens (tertiary/aromatic N) is 2. The molecule has 0 N–H and O–H groups in total. The Kier molecular flexibility index (Phi) is 8.80. The van der Waals surface area contributed by atoms with E-state index in [1.54, 1.807) is 31.8 Å². The fourth-order valence-corrected chi connectivity index (χ4v) is 6.61. The lowest BCUT2D eigenvalue weighted by Crippen LogP contribution is -2.40. The normalized spacial score (nSPS) is 14.9. The molecule has 7 nitrogen and oxygen atoms in total. The number of benzene rings is 3. The molecule has 0 aliphatic carbocycles. The molecule has 0 unspecified atom stereocenters. The van der Waals surface area contributed by atoms with E-state index in [1.165, 1.54) is 11.3 Å². The molecule has 0 radical (unpaired) electrons. The number of ether oxygens (including phenoxy) is 3.